The Hall–Kier alpha value is -7.01. The van der Waals surface area contributed by atoms with E-state index in [-0.39, 0.29) is 55.3 Å². The number of nitrogens with one attached hydrogen (secondary N) is 5. The number of β-amino-alcohol motifs (C(OH)–C–C–N with tert-alkyl or cyclic N) is 1. The SMILES string of the molecule is COCCCCCCCCOc1ccc(-c2ccc(C(=O)N[C@H]3C[C@@H](O)CNC(=O)[C@@H]4[C@@H](O)[C@@H](C)CN4C(=O)[C@H]([C@H](O)CCN)NC(=O)[C@H]([C@H](O)Cc4ccc(O)c(OCCN)c4)NC(=O)[C@@H]4C[C@@H](O)CN4C(=O)[C@H]([C@@H](C)O)NC3=O)cc2)cc1. The van der Waals surface area contributed by atoms with Crippen LogP contribution in [-0.4, -0.2) is 219 Å². The molecule has 16 N–H and O–H groups in total. The summed E-state index contributed by atoms with van der Waals surface area (Å²) in [4.78, 5) is 103. The second-order valence-corrected chi connectivity index (χ2v) is 22.1. The number of phenolic OH excluding ortho intramolecular Hbond substituents is 1. The minimum Gasteiger partial charge on any atom is -0.504 e. The number of unbranched alkanes of at least 4 members (excludes halogenated alkanes) is 5. The maximum absolute atomic E-state index is 14.7. The quantitative estimate of drug-likeness (QED) is 0.0459. The predicted molar refractivity (Wildman–Crippen MR) is 308 cm³/mol. The molecule has 3 aliphatic rings. The number of amides is 7. The lowest BCUT2D eigenvalue weighted by molar-refractivity contribution is -0.147. The van der Waals surface area contributed by atoms with Gasteiger partial charge in [-0.3, -0.25) is 33.6 Å². The van der Waals surface area contributed by atoms with Crippen LogP contribution in [0.4, 0.5) is 0 Å². The van der Waals surface area contributed by atoms with E-state index in [9.17, 15) is 69.3 Å². The summed E-state index contributed by atoms with van der Waals surface area (Å²) < 4.78 is 16.6. The first-order chi connectivity index (χ1) is 40.6. The van der Waals surface area contributed by atoms with E-state index >= 15 is 0 Å². The predicted octanol–water partition coefficient (Wildman–Crippen LogP) is -1.94. The van der Waals surface area contributed by atoms with Gasteiger partial charge in [-0.05, 0) is 85.8 Å². The minimum atomic E-state index is -2.03. The molecule has 3 aromatic carbocycles. The van der Waals surface area contributed by atoms with Crippen LogP contribution in [0.5, 0.6) is 17.2 Å². The highest BCUT2D eigenvalue weighted by atomic mass is 16.5. The van der Waals surface area contributed by atoms with Gasteiger partial charge in [0.1, 0.15) is 48.6 Å². The first-order valence-electron chi connectivity index (χ1n) is 29.0. The Morgan fingerprint density at radius 2 is 1.31 bits per heavy atom. The van der Waals surface area contributed by atoms with Crippen LogP contribution in [0, 0.1) is 5.92 Å². The van der Waals surface area contributed by atoms with Gasteiger partial charge in [0, 0.05) is 70.6 Å². The normalized spacial score (nSPS) is 25.7. The molecule has 3 heterocycles. The van der Waals surface area contributed by atoms with E-state index < -0.39 is 152 Å². The molecule has 0 radical (unpaired) electrons. The molecule has 0 bridgehead atoms. The maximum Gasteiger partial charge on any atom is 0.251 e. The number of ether oxygens (including phenoxy) is 3. The summed E-state index contributed by atoms with van der Waals surface area (Å²) in [7, 11) is 1.70. The lowest BCUT2D eigenvalue weighted by Gasteiger charge is -2.34. The molecule has 26 heteroatoms. The Labute approximate surface area is 493 Å². The van der Waals surface area contributed by atoms with Gasteiger partial charge >= 0.3 is 0 Å². The molecule has 3 saturated heterocycles. The van der Waals surface area contributed by atoms with Gasteiger partial charge in [-0.1, -0.05) is 62.9 Å². The van der Waals surface area contributed by atoms with Crippen LogP contribution in [0.3, 0.4) is 0 Å². The number of rotatable bonds is 23. The highest BCUT2D eigenvalue weighted by Crippen LogP contribution is 2.30. The third-order valence-corrected chi connectivity index (χ3v) is 15.4. The fourth-order valence-corrected chi connectivity index (χ4v) is 10.6. The summed E-state index contributed by atoms with van der Waals surface area (Å²) in [5.74, 6) is -7.85. The third kappa shape index (κ3) is 18.5. The molecule has 0 aromatic heterocycles. The van der Waals surface area contributed by atoms with Crippen LogP contribution >= 0.6 is 0 Å². The number of nitrogens with two attached hydrogens (primary N) is 2. The summed E-state index contributed by atoms with van der Waals surface area (Å²) in [6.07, 6.45) is -5.32. The molecule has 0 saturated carbocycles. The van der Waals surface area contributed by atoms with Gasteiger partial charge in [0.2, 0.25) is 35.4 Å². The summed E-state index contributed by atoms with van der Waals surface area (Å²) in [6.45, 7) is 2.47. The molecule has 468 valence electrons. The van der Waals surface area contributed by atoms with E-state index in [1.807, 2.05) is 24.3 Å². The number of benzene rings is 3. The number of hydrogen-bond acceptors (Lipinski definition) is 19. The van der Waals surface area contributed by atoms with Crippen molar-refractivity contribution in [2.45, 2.75) is 151 Å². The van der Waals surface area contributed by atoms with E-state index in [0.717, 1.165) is 73.0 Å². The fourth-order valence-electron chi connectivity index (χ4n) is 10.6. The Bertz CT molecular complexity index is 2700. The van der Waals surface area contributed by atoms with E-state index in [1.165, 1.54) is 37.3 Å². The summed E-state index contributed by atoms with van der Waals surface area (Å²) >= 11 is 0. The molecule has 6 rings (SSSR count). The van der Waals surface area contributed by atoms with Gasteiger partial charge in [0.05, 0.1) is 43.2 Å². The van der Waals surface area contributed by atoms with Gasteiger partial charge in [0.15, 0.2) is 11.5 Å². The van der Waals surface area contributed by atoms with Crippen molar-refractivity contribution in [3.8, 4) is 28.4 Å². The van der Waals surface area contributed by atoms with Gasteiger partial charge in [-0.25, -0.2) is 0 Å². The number of hydrogen-bond donors (Lipinski definition) is 14. The van der Waals surface area contributed by atoms with Crippen LogP contribution in [0.2, 0.25) is 0 Å². The van der Waals surface area contributed by atoms with Gasteiger partial charge in [0.25, 0.3) is 5.91 Å². The average Bonchev–Trinajstić information content (AvgIpc) is 3.32. The molecule has 85 heavy (non-hydrogen) atoms. The number of methoxy groups -OCH3 is 1. The molecular weight excluding hydrogens is 1110 g/mol. The van der Waals surface area contributed by atoms with Gasteiger partial charge < -0.3 is 97.8 Å². The Morgan fingerprint density at radius 3 is 1.95 bits per heavy atom. The summed E-state index contributed by atoms with van der Waals surface area (Å²) in [6, 6.07) is 6.96. The van der Waals surface area contributed by atoms with Crippen LogP contribution in [0.1, 0.15) is 87.6 Å². The Morgan fingerprint density at radius 1 is 0.682 bits per heavy atom. The Kier molecular flexibility index (Phi) is 25.6. The minimum absolute atomic E-state index is 0.00142. The molecule has 3 aliphatic heterocycles. The number of aliphatic hydroxyl groups is 6. The highest BCUT2D eigenvalue weighted by Gasteiger charge is 2.49. The largest absolute Gasteiger partial charge is 0.504 e. The van der Waals surface area contributed by atoms with Crippen molar-refractivity contribution < 1.29 is 83.5 Å². The monoisotopic (exact) mass is 1190 g/mol. The summed E-state index contributed by atoms with van der Waals surface area (Å²) in [5.41, 5.74) is 13.3. The molecule has 3 aromatic rings. The lowest BCUT2D eigenvalue weighted by atomic mass is 9.98. The fraction of sp³-hybridized carbons (Fsp3) is 0.576. The number of aromatic hydroxyl groups is 1. The summed E-state index contributed by atoms with van der Waals surface area (Å²) in [5, 5.41) is 91.1. The number of aliphatic hydroxyl groups excluding tert-OH is 6. The number of fused-ring (bicyclic) bond motifs is 2. The number of carbonyl (C=O) groups is 7. The van der Waals surface area contributed by atoms with Crippen LogP contribution in [0.25, 0.3) is 11.1 Å². The second-order valence-electron chi connectivity index (χ2n) is 22.1. The molecular formula is C59H85N9O17. The third-order valence-electron chi connectivity index (χ3n) is 15.4. The first-order valence-corrected chi connectivity index (χ1v) is 29.0. The van der Waals surface area contributed by atoms with E-state index in [2.05, 4.69) is 26.6 Å². The van der Waals surface area contributed by atoms with Crippen LogP contribution in [0.15, 0.2) is 66.7 Å². The molecule has 26 nitrogen and oxygen atoms in total. The maximum atomic E-state index is 14.7. The zero-order chi connectivity index (χ0) is 61.9. The molecule has 3 fully saturated rings. The van der Waals surface area contributed by atoms with Crippen LogP contribution in [-0.2, 0) is 39.9 Å². The van der Waals surface area contributed by atoms with E-state index in [1.54, 1.807) is 19.2 Å². The van der Waals surface area contributed by atoms with E-state index in [4.69, 9.17) is 25.7 Å². The van der Waals surface area contributed by atoms with Crippen molar-refractivity contribution in [1.82, 2.24) is 36.4 Å². The lowest BCUT2D eigenvalue weighted by Crippen LogP contribution is -2.64. The van der Waals surface area contributed by atoms with Crippen molar-refractivity contribution in [3.63, 3.8) is 0 Å². The zero-order valence-corrected chi connectivity index (χ0v) is 48.3. The van der Waals surface area contributed by atoms with Gasteiger partial charge in [-0.15, -0.1) is 0 Å². The standard InChI is InChI=1S/C59H85N9O17/c1-33-31-68-51(52(33)75)57(80)62-30-39(70)28-42(63-53(76)38-13-11-36(12-14-38)37-15-17-41(18-16-37)84-24-9-7-5-4-6-8-23-83-3)54(77)64-48(34(2)69)58(81)67-32-40(71)29-43(67)55(78)65-49(56(79)66-50(59(68)82)45(73)20-21-60)46(74)26-35-10-19-44(72)47(27-35)85-25-22-61/h10-19,27,33-34,39-40,42-43,45-46,48-52,69-75H,4-9,20-26,28-32,60-61H2,1-3H3,(H,62,80)(H,63,76)(H,64,77)(H,65,78)(H,66,79)/t33-,34+,39+,40+,42-,43-,45+,46+,48-,49-,50-,51-,52-/m0/s1. The van der Waals surface area contributed by atoms with E-state index in [0.29, 0.717) is 12.4 Å². The molecule has 13 atom stereocenters. The zero-order valence-electron chi connectivity index (χ0n) is 48.3. The van der Waals surface area contributed by atoms with Crippen molar-refractivity contribution in [2.75, 3.05) is 59.7 Å². The van der Waals surface area contributed by atoms with Crippen molar-refractivity contribution in [3.05, 3.63) is 77.9 Å². The molecule has 0 aliphatic carbocycles. The highest BCUT2D eigenvalue weighted by molar-refractivity contribution is 6.00. The van der Waals surface area contributed by atoms with Crippen molar-refractivity contribution in [2.24, 2.45) is 17.4 Å². The van der Waals surface area contributed by atoms with Crippen molar-refractivity contribution >= 4 is 41.4 Å². The molecule has 7 amide bonds. The first kappa shape index (κ1) is 67.1. The molecule has 0 spiro atoms. The number of phenols is 1. The average molecular weight is 1190 g/mol. The smallest absolute Gasteiger partial charge is 0.251 e. The Balaban J connectivity index is 1.28. The number of nitrogens with zero attached hydrogens (tertiary/aromatic N) is 2. The topological polar surface area (TPSA) is 407 Å². The number of carbonyl (C=O) groups excluding carboxylic acids is 7. The molecule has 0 unspecified atom stereocenters. The second kappa shape index (κ2) is 32.5. The van der Waals surface area contributed by atoms with Crippen molar-refractivity contribution in [1.29, 1.82) is 0 Å². The van der Waals surface area contributed by atoms with Gasteiger partial charge in [-0.2, -0.15) is 0 Å². The van der Waals surface area contributed by atoms with Crippen LogP contribution < -0.4 is 47.5 Å².